The number of carbonyl (C=O) groups is 1. The molecule has 2 aromatic heterocycles. The van der Waals surface area contributed by atoms with Gasteiger partial charge < -0.3 is 14.7 Å². The number of benzene rings is 1. The molecule has 0 unspecified atom stereocenters. The molecule has 130 valence electrons. The van der Waals surface area contributed by atoms with Crippen LogP contribution < -0.4 is 0 Å². The van der Waals surface area contributed by atoms with Gasteiger partial charge in [0.1, 0.15) is 12.3 Å². The van der Waals surface area contributed by atoms with E-state index in [9.17, 15) is 4.79 Å². The van der Waals surface area contributed by atoms with E-state index >= 15 is 0 Å². The summed E-state index contributed by atoms with van der Waals surface area (Å²) < 4.78 is 5.46. The summed E-state index contributed by atoms with van der Waals surface area (Å²) in [4.78, 5) is 19.1. The molecule has 0 bridgehead atoms. The van der Waals surface area contributed by atoms with Gasteiger partial charge in [-0.3, -0.25) is 0 Å². The zero-order chi connectivity index (χ0) is 18.0. The molecule has 0 atom stereocenters. The SMILES string of the molecule is Cc1c[nH]c(Cc2[nH]c(C(=O)OCc3ccccc3)c(C)c2C)c1C. The second-order valence-electron chi connectivity index (χ2n) is 6.54. The predicted octanol–water partition coefficient (Wildman–Crippen LogP) is 4.52. The van der Waals surface area contributed by atoms with Crippen molar-refractivity contribution in [2.24, 2.45) is 0 Å². The van der Waals surface area contributed by atoms with Crippen molar-refractivity contribution >= 4 is 5.97 Å². The molecule has 25 heavy (non-hydrogen) atoms. The first-order valence-corrected chi connectivity index (χ1v) is 8.50. The topological polar surface area (TPSA) is 57.9 Å². The van der Waals surface area contributed by atoms with Crippen molar-refractivity contribution in [1.82, 2.24) is 9.97 Å². The second kappa shape index (κ2) is 7.01. The number of carbonyl (C=O) groups excluding carboxylic acids is 1. The van der Waals surface area contributed by atoms with Crippen molar-refractivity contribution in [3.8, 4) is 0 Å². The number of aromatic amines is 2. The number of hydrogen-bond acceptors (Lipinski definition) is 2. The van der Waals surface area contributed by atoms with E-state index < -0.39 is 0 Å². The van der Waals surface area contributed by atoms with E-state index in [0.717, 1.165) is 28.8 Å². The van der Waals surface area contributed by atoms with Crippen LogP contribution in [0.1, 0.15) is 49.7 Å². The number of aryl methyl sites for hydroxylation is 1. The third kappa shape index (κ3) is 3.53. The average Bonchev–Trinajstić information content (AvgIpc) is 3.09. The fourth-order valence-electron chi connectivity index (χ4n) is 2.94. The van der Waals surface area contributed by atoms with E-state index in [-0.39, 0.29) is 12.6 Å². The summed E-state index contributed by atoms with van der Waals surface area (Å²) in [6, 6.07) is 9.71. The molecule has 0 saturated heterocycles. The van der Waals surface area contributed by atoms with Crippen molar-refractivity contribution in [3.63, 3.8) is 0 Å². The monoisotopic (exact) mass is 336 g/mol. The van der Waals surface area contributed by atoms with Gasteiger partial charge in [0.25, 0.3) is 0 Å². The first kappa shape index (κ1) is 17.1. The van der Waals surface area contributed by atoms with Crippen molar-refractivity contribution in [2.75, 3.05) is 0 Å². The number of aromatic nitrogens is 2. The average molecular weight is 336 g/mol. The van der Waals surface area contributed by atoms with Crippen LogP contribution in [0.2, 0.25) is 0 Å². The molecule has 0 aliphatic heterocycles. The summed E-state index contributed by atoms with van der Waals surface area (Å²) in [5.74, 6) is -0.310. The molecule has 0 fully saturated rings. The van der Waals surface area contributed by atoms with Crippen LogP contribution in [-0.2, 0) is 17.8 Å². The number of esters is 1. The number of nitrogens with one attached hydrogen (secondary N) is 2. The Morgan fingerprint density at radius 1 is 0.960 bits per heavy atom. The molecule has 0 saturated carbocycles. The van der Waals surface area contributed by atoms with Crippen LogP contribution in [0.4, 0.5) is 0 Å². The number of rotatable bonds is 5. The molecule has 2 N–H and O–H groups in total. The fourth-order valence-corrected chi connectivity index (χ4v) is 2.94. The van der Waals surface area contributed by atoms with Crippen LogP contribution >= 0.6 is 0 Å². The summed E-state index contributed by atoms with van der Waals surface area (Å²) in [5, 5.41) is 0. The minimum atomic E-state index is -0.310. The van der Waals surface area contributed by atoms with Gasteiger partial charge in [0.05, 0.1) is 0 Å². The Morgan fingerprint density at radius 3 is 2.32 bits per heavy atom. The summed E-state index contributed by atoms with van der Waals surface area (Å²) in [5.41, 5.74) is 8.32. The van der Waals surface area contributed by atoms with Gasteiger partial charge in [0.15, 0.2) is 0 Å². The van der Waals surface area contributed by atoms with E-state index in [1.54, 1.807) is 0 Å². The van der Waals surface area contributed by atoms with Crippen molar-refractivity contribution < 1.29 is 9.53 Å². The van der Waals surface area contributed by atoms with Crippen LogP contribution in [0.3, 0.4) is 0 Å². The number of ether oxygens (including phenoxy) is 1. The van der Waals surface area contributed by atoms with Gasteiger partial charge in [-0.25, -0.2) is 4.79 Å². The van der Waals surface area contributed by atoms with Gasteiger partial charge in [-0.2, -0.15) is 0 Å². The molecule has 2 heterocycles. The fraction of sp³-hybridized carbons (Fsp3) is 0.286. The smallest absolute Gasteiger partial charge is 0.355 e. The Morgan fingerprint density at radius 2 is 1.68 bits per heavy atom. The van der Waals surface area contributed by atoms with Gasteiger partial charge in [-0.05, 0) is 55.5 Å². The Labute approximate surface area is 148 Å². The van der Waals surface area contributed by atoms with Crippen molar-refractivity contribution in [1.29, 1.82) is 0 Å². The molecule has 4 nitrogen and oxygen atoms in total. The van der Waals surface area contributed by atoms with Gasteiger partial charge in [0, 0.05) is 24.0 Å². The van der Waals surface area contributed by atoms with Gasteiger partial charge >= 0.3 is 5.97 Å². The molecule has 0 radical (unpaired) electrons. The zero-order valence-electron chi connectivity index (χ0n) is 15.2. The molecular weight excluding hydrogens is 312 g/mol. The largest absolute Gasteiger partial charge is 0.456 e. The highest BCUT2D eigenvalue weighted by molar-refractivity contribution is 5.89. The standard InChI is InChI=1S/C21H24N2O2/c1-13-11-22-18(14(13)2)10-19-15(3)16(4)20(23-19)21(24)25-12-17-8-6-5-7-9-17/h5-9,11,22-23H,10,12H2,1-4H3. The Balaban J connectivity index is 1.76. The Bertz CT molecular complexity index is 888. The maximum absolute atomic E-state index is 12.5. The quantitative estimate of drug-likeness (QED) is 0.673. The molecule has 0 aliphatic rings. The molecule has 0 aliphatic carbocycles. The minimum absolute atomic E-state index is 0.279. The highest BCUT2D eigenvalue weighted by atomic mass is 16.5. The van der Waals surface area contributed by atoms with Gasteiger partial charge in [-0.15, -0.1) is 0 Å². The third-order valence-corrected chi connectivity index (χ3v) is 4.94. The molecule has 1 aromatic carbocycles. The Hall–Kier alpha value is -2.75. The van der Waals surface area contributed by atoms with E-state index in [0.29, 0.717) is 5.69 Å². The van der Waals surface area contributed by atoms with Crippen LogP contribution in [0.25, 0.3) is 0 Å². The maximum Gasteiger partial charge on any atom is 0.355 e. The summed E-state index contributed by atoms with van der Waals surface area (Å²) in [6.45, 7) is 8.48. The summed E-state index contributed by atoms with van der Waals surface area (Å²) in [7, 11) is 0. The summed E-state index contributed by atoms with van der Waals surface area (Å²) >= 11 is 0. The van der Waals surface area contributed by atoms with Crippen molar-refractivity contribution in [3.05, 3.63) is 81.4 Å². The molecule has 3 rings (SSSR count). The lowest BCUT2D eigenvalue weighted by atomic mass is 10.1. The number of H-pyrrole nitrogens is 2. The lowest BCUT2D eigenvalue weighted by Gasteiger charge is -2.04. The summed E-state index contributed by atoms with van der Waals surface area (Å²) in [6.07, 6.45) is 2.77. The van der Waals surface area contributed by atoms with E-state index in [1.807, 2.05) is 50.4 Å². The predicted molar refractivity (Wildman–Crippen MR) is 98.9 cm³/mol. The van der Waals surface area contributed by atoms with Gasteiger partial charge in [-0.1, -0.05) is 30.3 Å². The van der Waals surface area contributed by atoms with Crippen LogP contribution in [0.15, 0.2) is 36.5 Å². The number of hydrogen-bond donors (Lipinski definition) is 2. The van der Waals surface area contributed by atoms with E-state index in [1.165, 1.54) is 16.8 Å². The molecule has 0 amide bonds. The maximum atomic E-state index is 12.5. The highest BCUT2D eigenvalue weighted by Gasteiger charge is 2.19. The van der Waals surface area contributed by atoms with Gasteiger partial charge in [0.2, 0.25) is 0 Å². The first-order valence-electron chi connectivity index (χ1n) is 8.50. The first-order chi connectivity index (χ1) is 12.0. The van der Waals surface area contributed by atoms with E-state index in [2.05, 4.69) is 23.8 Å². The third-order valence-electron chi connectivity index (χ3n) is 4.94. The lowest BCUT2D eigenvalue weighted by Crippen LogP contribution is -2.07. The van der Waals surface area contributed by atoms with Crippen LogP contribution in [0, 0.1) is 27.7 Å². The highest BCUT2D eigenvalue weighted by Crippen LogP contribution is 2.23. The lowest BCUT2D eigenvalue weighted by molar-refractivity contribution is 0.0465. The van der Waals surface area contributed by atoms with Crippen molar-refractivity contribution in [2.45, 2.75) is 40.7 Å². The second-order valence-corrected chi connectivity index (χ2v) is 6.54. The van der Waals surface area contributed by atoms with Crippen LogP contribution in [-0.4, -0.2) is 15.9 Å². The minimum Gasteiger partial charge on any atom is -0.456 e. The molecular formula is C21H24N2O2. The molecule has 0 spiro atoms. The zero-order valence-corrected chi connectivity index (χ0v) is 15.2. The molecule has 4 heteroatoms. The van der Waals surface area contributed by atoms with E-state index in [4.69, 9.17) is 4.74 Å². The molecule has 3 aromatic rings. The normalized spacial score (nSPS) is 10.9. The van der Waals surface area contributed by atoms with Crippen LogP contribution in [0.5, 0.6) is 0 Å². The Kier molecular flexibility index (Phi) is 4.79.